The van der Waals surface area contributed by atoms with Crippen molar-refractivity contribution in [3.8, 4) is 11.1 Å². The third-order valence-corrected chi connectivity index (χ3v) is 2.38. The molecular weight excluding hydrogens is 190 g/mol. The normalized spacial score (nSPS) is 10.5. The van der Waals surface area contributed by atoms with Crippen LogP contribution >= 0.6 is 0 Å². The van der Waals surface area contributed by atoms with Crippen LogP contribution in [0.25, 0.3) is 11.1 Å². The molecule has 4 heteroatoms. The maximum atomic E-state index is 11.2. The monoisotopic (exact) mass is 203 g/mol. The predicted octanol–water partition coefficient (Wildman–Crippen LogP) is 1.57. The highest BCUT2D eigenvalue weighted by molar-refractivity contribution is 5.61. The van der Waals surface area contributed by atoms with E-state index in [0.29, 0.717) is 0 Å². The van der Waals surface area contributed by atoms with Crippen LogP contribution < -0.4 is 5.56 Å². The van der Waals surface area contributed by atoms with Crippen LogP contribution in [0, 0.1) is 6.92 Å². The molecule has 0 aliphatic heterocycles. The molecule has 2 rings (SSSR count). The van der Waals surface area contributed by atoms with Gasteiger partial charge < -0.3 is 4.98 Å². The smallest absolute Gasteiger partial charge is 0.250 e. The van der Waals surface area contributed by atoms with Crippen LogP contribution in [0.3, 0.4) is 0 Å². The van der Waals surface area contributed by atoms with Crippen molar-refractivity contribution in [2.75, 3.05) is 0 Å². The fourth-order valence-corrected chi connectivity index (χ4v) is 1.45. The molecule has 2 aromatic heterocycles. The summed E-state index contributed by atoms with van der Waals surface area (Å²) in [6, 6.07) is 1.87. The van der Waals surface area contributed by atoms with E-state index in [4.69, 9.17) is 0 Å². The van der Waals surface area contributed by atoms with Crippen molar-refractivity contribution < 1.29 is 0 Å². The summed E-state index contributed by atoms with van der Waals surface area (Å²) in [5, 5.41) is 4.19. The number of pyridine rings is 1. The summed E-state index contributed by atoms with van der Waals surface area (Å²) in [4.78, 5) is 13.9. The molecule has 0 radical (unpaired) electrons. The molecule has 2 aromatic rings. The van der Waals surface area contributed by atoms with E-state index >= 15 is 0 Å². The van der Waals surface area contributed by atoms with Crippen molar-refractivity contribution in [1.82, 2.24) is 14.8 Å². The van der Waals surface area contributed by atoms with Crippen molar-refractivity contribution >= 4 is 0 Å². The standard InChI is InChI=1S/C11H13N3O/c1-3-14-7-10(6-13-14)9-4-8(2)11(15)12-5-9/h4-7H,3H2,1-2H3,(H,12,15). The third-order valence-electron chi connectivity index (χ3n) is 2.38. The van der Waals surface area contributed by atoms with Crippen LogP contribution in [0.4, 0.5) is 0 Å². The molecule has 0 spiro atoms. The number of nitrogens with zero attached hydrogens (tertiary/aromatic N) is 2. The van der Waals surface area contributed by atoms with Crippen LogP contribution in [0.5, 0.6) is 0 Å². The highest BCUT2D eigenvalue weighted by Gasteiger charge is 2.02. The lowest BCUT2D eigenvalue weighted by molar-refractivity contribution is 0.660. The highest BCUT2D eigenvalue weighted by atomic mass is 16.1. The Labute approximate surface area is 87.6 Å². The number of hydrogen-bond donors (Lipinski definition) is 1. The zero-order valence-electron chi connectivity index (χ0n) is 8.82. The minimum Gasteiger partial charge on any atom is -0.328 e. The van der Waals surface area contributed by atoms with Gasteiger partial charge in [0.25, 0.3) is 5.56 Å². The lowest BCUT2D eigenvalue weighted by atomic mass is 10.1. The Balaban J connectivity index is 2.45. The van der Waals surface area contributed by atoms with Crippen LogP contribution in [-0.2, 0) is 6.54 Å². The highest BCUT2D eigenvalue weighted by Crippen LogP contribution is 2.16. The summed E-state index contributed by atoms with van der Waals surface area (Å²) in [5.74, 6) is 0. The summed E-state index contributed by atoms with van der Waals surface area (Å²) >= 11 is 0. The van der Waals surface area contributed by atoms with E-state index < -0.39 is 0 Å². The maximum Gasteiger partial charge on any atom is 0.250 e. The first-order chi connectivity index (χ1) is 7.20. The van der Waals surface area contributed by atoms with Gasteiger partial charge in [0.05, 0.1) is 6.20 Å². The van der Waals surface area contributed by atoms with Gasteiger partial charge in [-0.3, -0.25) is 9.48 Å². The van der Waals surface area contributed by atoms with Crippen LogP contribution in [0.15, 0.2) is 29.5 Å². The Bertz CT molecular complexity index is 525. The van der Waals surface area contributed by atoms with Gasteiger partial charge in [0, 0.05) is 35.6 Å². The van der Waals surface area contributed by atoms with E-state index in [0.717, 1.165) is 23.2 Å². The number of aryl methyl sites for hydroxylation is 2. The zero-order valence-corrected chi connectivity index (χ0v) is 8.82. The van der Waals surface area contributed by atoms with Gasteiger partial charge in [-0.2, -0.15) is 5.10 Å². The number of hydrogen-bond acceptors (Lipinski definition) is 2. The molecule has 0 bridgehead atoms. The Morgan fingerprint density at radius 2 is 2.27 bits per heavy atom. The van der Waals surface area contributed by atoms with Gasteiger partial charge in [-0.15, -0.1) is 0 Å². The molecule has 1 N–H and O–H groups in total. The van der Waals surface area contributed by atoms with E-state index in [1.54, 1.807) is 19.3 Å². The van der Waals surface area contributed by atoms with Gasteiger partial charge in [-0.1, -0.05) is 0 Å². The SMILES string of the molecule is CCn1cc(-c2c[nH]c(=O)c(C)c2)cn1. The molecule has 4 nitrogen and oxygen atoms in total. The molecule has 0 aromatic carbocycles. The second-order valence-electron chi connectivity index (χ2n) is 3.49. The summed E-state index contributed by atoms with van der Waals surface area (Å²) in [6.07, 6.45) is 5.48. The second kappa shape index (κ2) is 3.73. The van der Waals surface area contributed by atoms with Crippen LogP contribution in [0.1, 0.15) is 12.5 Å². The molecule has 0 saturated heterocycles. The molecule has 78 valence electrons. The summed E-state index contributed by atoms with van der Waals surface area (Å²) in [7, 11) is 0. The van der Waals surface area contributed by atoms with Gasteiger partial charge in [0.2, 0.25) is 0 Å². The average Bonchev–Trinajstić information content (AvgIpc) is 2.70. The van der Waals surface area contributed by atoms with Crippen molar-refractivity contribution in [3.63, 3.8) is 0 Å². The first-order valence-corrected chi connectivity index (χ1v) is 4.93. The van der Waals surface area contributed by atoms with E-state index in [1.807, 2.05) is 23.9 Å². The summed E-state index contributed by atoms with van der Waals surface area (Å²) in [5.41, 5.74) is 2.70. The number of aromatic amines is 1. The average molecular weight is 203 g/mol. The third kappa shape index (κ3) is 1.83. The minimum atomic E-state index is -0.0402. The molecule has 0 atom stereocenters. The Morgan fingerprint density at radius 1 is 1.47 bits per heavy atom. The van der Waals surface area contributed by atoms with Gasteiger partial charge in [0.15, 0.2) is 0 Å². The van der Waals surface area contributed by atoms with Crippen molar-refractivity contribution in [2.45, 2.75) is 20.4 Å². The largest absolute Gasteiger partial charge is 0.328 e. The summed E-state index contributed by atoms with van der Waals surface area (Å²) < 4.78 is 1.86. The second-order valence-corrected chi connectivity index (χ2v) is 3.49. The van der Waals surface area contributed by atoms with Gasteiger partial charge in [-0.25, -0.2) is 0 Å². The molecular formula is C11H13N3O. The van der Waals surface area contributed by atoms with Gasteiger partial charge in [0.1, 0.15) is 0 Å². The molecule has 0 fully saturated rings. The maximum absolute atomic E-state index is 11.2. The van der Waals surface area contributed by atoms with E-state index in [-0.39, 0.29) is 5.56 Å². The Kier molecular flexibility index (Phi) is 2.41. The molecule has 0 saturated carbocycles. The molecule has 0 amide bonds. The lowest BCUT2D eigenvalue weighted by Crippen LogP contribution is -2.07. The number of nitrogens with one attached hydrogen (secondary N) is 1. The Morgan fingerprint density at radius 3 is 2.87 bits per heavy atom. The van der Waals surface area contributed by atoms with Gasteiger partial charge >= 0.3 is 0 Å². The lowest BCUT2D eigenvalue weighted by Gasteiger charge is -1.97. The fourth-order valence-electron chi connectivity index (χ4n) is 1.45. The molecule has 2 heterocycles. The van der Waals surface area contributed by atoms with Crippen molar-refractivity contribution in [3.05, 3.63) is 40.6 Å². The minimum absolute atomic E-state index is 0.0402. The topological polar surface area (TPSA) is 50.7 Å². The number of H-pyrrole nitrogens is 1. The number of rotatable bonds is 2. The van der Waals surface area contributed by atoms with Gasteiger partial charge in [-0.05, 0) is 19.9 Å². The van der Waals surface area contributed by atoms with Crippen molar-refractivity contribution in [2.24, 2.45) is 0 Å². The molecule has 0 unspecified atom stereocenters. The van der Waals surface area contributed by atoms with Crippen molar-refractivity contribution in [1.29, 1.82) is 0 Å². The Hall–Kier alpha value is -1.84. The first-order valence-electron chi connectivity index (χ1n) is 4.93. The van der Waals surface area contributed by atoms with Crippen LogP contribution in [-0.4, -0.2) is 14.8 Å². The van der Waals surface area contributed by atoms with E-state index in [1.165, 1.54) is 0 Å². The fraction of sp³-hybridized carbons (Fsp3) is 0.273. The quantitative estimate of drug-likeness (QED) is 0.805. The molecule has 0 aliphatic carbocycles. The van der Waals surface area contributed by atoms with E-state index in [2.05, 4.69) is 10.1 Å². The number of aromatic nitrogens is 3. The predicted molar refractivity (Wildman–Crippen MR) is 58.7 cm³/mol. The first kappa shape index (κ1) is 9.71. The van der Waals surface area contributed by atoms with Crippen LogP contribution in [0.2, 0.25) is 0 Å². The molecule has 0 aliphatic rings. The molecule has 15 heavy (non-hydrogen) atoms. The van der Waals surface area contributed by atoms with E-state index in [9.17, 15) is 4.79 Å². The zero-order chi connectivity index (χ0) is 10.8. The summed E-state index contributed by atoms with van der Waals surface area (Å²) in [6.45, 7) is 4.68.